The van der Waals surface area contributed by atoms with Gasteiger partial charge >= 0.3 is 0 Å². The SMILES string of the molecule is CC(C)(Br)C(=O)N/C=C/C#N. The summed E-state index contributed by atoms with van der Waals surface area (Å²) in [4.78, 5) is 11.0. The van der Waals surface area contributed by atoms with Crippen LogP contribution in [0.5, 0.6) is 0 Å². The van der Waals surface area contributed by atoms with E-state index < -0.39 is 4.32 Å². The van der Waals surface area contributed by atoms with Gasteiger partial charge in [-0.15, -0.1) is 0 Å². The van der Waals surface area contributed by atoms with E-state index in [1.807, 2.05) is 0 Å². The van der Waals surface area contributed by atoms with E-state index in [0.29, 0.717) is 0 Å². The van der Waals surface area contributed by atoms with Crippen molar-refractivity contribution in [2.45, 2.75) is 18.2 Å². The molecule has 0 unspecified atom stereocenters. The van der Waals surface area contributed by atoms with E-state index in [4.69, 9.17) is 5.26 Å². The first-order valence-corrected chi connectivity index (χ1v) is 3.82. The van der Waals surface area contributed by atoms with E-state index in [0.717, 1.165) is 0 Å². The molecule has 0 aliphatic rings. The largest absolute Gasteiger partial charge is 0.331 e. The Kier molecular flexibility index (Phi) is 3.83. The van der Waals surface area contributed by atoms with Crippen LogP contribution >= 0.6 is 15.9 Å². The highest BCUT2D eigenvalue weighted by Crippen LogP contribution is 2.14. The van der Waals surface area contributed by atoms with Crippen LogP contribution in [0.25, 0.3) is 0 Å². The molecule has 0 aromatic heterocycles. The Morgan fingerprint density at radius 1 is 1.73 bits per heavy atom. The van der Waals surface area contributed by atoms with Gasteiger partial charge in [0.1, 0.15) is 0 Å². The molecule has 11 heavy (non-hydrogen) atoms. The van der Waals surface area contributed by atoms with Crippen molar-refractivity contribution in [1.29, 1.82) is 5.26 Å². The van der Waals surface area contributed by atoms with Gasteiger partial charge in [-0.1, -0.05) is 15.9 Å². The number of nitrogens with zero attached hydrogens (tertiary/aromatic N) is 1. The second-order valence-electron chi connectivity index (χ2n) is 2.41. The van der Waals surface area contributed by atoms with Crippen molar-refractivity contribution in [3.05, 3.63) is 12.3 Å². The predicted octanol–water partition coefficient (Wildman–Crippen LogP) is 1.31. The lowest BCUT2D eigenvalue weighted by molar-refractivity contribution is -0.121. The van der Waals surface area contributed by atoms with Crippen molar-refractivity contribution in [3.8, 4) is 6.07 Å². The van der Waals surface area contributed by atoms with Crippen molar-refractivity contribution in [2.75, 3.05) is 0 Å². The number of rotatable bonds is 2. The lowest BCUT2D eigenvalue weighted by Crippen LogP contribution is -2.34. The first-order chi connectivity index (χ1) is 4.98. The van der Waals surface area contributed by atoms with Crippen molar-refractivity contribution < 1.29 is 4.79 Å². The zero-order chi connectivity index (χ0) is 8.91. The number of hydrogen-bond acceptors (Lipinski definition) is 2. The van der Waals surface area contributed by atoms with Crippen LogP contribution in [0.3, 0.4) is 0 Å². The van der Waals surface area contributed by atoms with Crippen LogP contribution in [0.4, 0.5) is 0 Å². The fraction of sp³-hybridized carbons (Fsp3) is 0.429. The monoisotopic (exact) mass is 216 g/mol. The second kappa shape index (κ2) is 4.14. The Morgan fingerprint density at radius 2 is 2.27 bits per heavy atom. The zero-order valence-electron chi connectivity index (χ0n) is 6.39. The van der Waals surface area contributed by atoms with E-state index in [1.54, 1.807) is 19.9 Å². The summed E-state index contributed by atoms with van der Waals surface area (Å²) < 4.78 is -0.590. The van der Waals surface area contributed by atoms with Gasteiger partial charge in [0.05, 0.1) is 10.4 Å². The molecule has 0 fully saturated rings. The average Bonchev–Trinajstić information content (AvgIpc) is 1.86. The summed E-state index contributed by atoms with van der Waals surface area (Å²) in [5, 5.41) is 10.5. The number of carbonyl (C=O) groups excluding carboxylic acids is 1. The molecule has 0 heterocycles. The number of amides is 1. The van der Waals surface area contributed by atoms with Gasteiger partial charge in [0.15, 0.2) is 0 Å². The average molecular weight is 217 g/mol. The third-order valence-electron chi connectivity index (χ3n) is 0.912. The Bertz CT molecular complexity index is 209. The lowest BCUT2D eigenvalue weighted by Gasteiger charge is -2.12. The fourth-order valence-corrected chi connectivity index (χ4v) is 0.441. The second-order valence-corrected chi connectivity index (χ2v) is 4.39. The summed E-state index contributed by atoms with van der Waals surface area (Å²) in [6, 6.07) is 1.76. The van der Waals surface area contributed by atoms with E-state index in [1.165, 1.54) is 12.3 Å². The molecule has 0 atom stereocenters. The number of halogens is 1. The molecule has 0 aliphatic carbocycles. The fourth-order valence-electron chi connectivity index (χ4n) is 0.326. The van der Waals surface area contributed by atoms with Crippen LogP contribution in [0.2, 0.25) is 0 Å². The van der Waals surface area contributed by atoms with Gasteiger partial charge in [-0.2, -0.15) is 5.26 Å². The molecule has 0 spiro atoms. The van der Waals surface area contributed by atoms with E-state index in [9.17, 15) is 4.79 Å². The molecule has 0 aromatic rings. The number of alkyl halides is 1. The van der Waals surface area contributed by atoms with Crippen LogP contribution in [0.15, 0.2) is 12.3 Å². The minimum absolute atomic E-state index is 0.177. The van der Waals surface area contributed by atoms with Crippen molar-refractivity contribution >= 4 is 21.8 Å². The quantitative estimate of drug-likeness (QED) is 0.560. The highest BCUT2D eigenvalue weighted by atomic mass is 79.9. The number of nitrogens with one attached hydrogen (secondary N) is 1. The molecule has 60 valence electrons. The van der Waals surface area contributed by atoms with Crippen LogP contribution in [0.1, 0.15) is 13.8 Å². The first kappa shape index (κ1) is 10.2. The summed E-state index contributed by atoms with van der Waals surface area (Å²) in [5.74, 6) is -0.177. The summed E-state index contributed by atoms with van der Waals surface area (Å²) in [6.45, 7) is 3.45. The maximum Gasteiger partial charge on any atom is 0.240 e. The topological polar surface area (TPSA) is 52.9 Å². The van der Waals surface area contributed by atoms with Crippen molar-refractivity contribution in [3.63, 3.8) is 0 Å². The standard InChI is InChI=1S/C7H9BrN2O/c1-7(2,8)6(11)10-5-3-4-9/h3,5H,1-2H3,(H,10,11)/b5-3+. The Morgan fingerprint density at radius 3 is 2.64 bits per heavy atom. The maximum absolute atomic E-state index is 11.0. The minimum atomic E-state index is -0.590. The molecule has 0 saturated heterocycles. The van der Waals surface area contributed by atoms with Crippen molar-refractivity contribution in [2.24, 2.45) is 0 Å². The molecule has 1 N–H and O–H groups in total. The van der Waals surface area contributed by atoms with Gasteiger partial charge in [-0.3, -0.25) is 4.79 Å². The van der Waals surface area contributed by atoms with Gasteiger partial charge in [-0.25, -0.2) is 0 Å². The molecular weight excluding hydrogens is 208 g/mol. The Labute approximate surface area is 74.2 Å². The predicted molar refractivity (Wildman–Crippen MR) is 45.9 cm³/mol. The van der Waals surface area contributed by atoms with E-state index in [2.05, 4.69) is 21.2 Å². The summed E-state index contributed by atoms with van der Waals surface area (Å²) in [6.07, 6.45) is 2.52. The van der Waals surface area contributed by atoms with E-state index in [-0.39, 0.29) is 5.91 Å². The van der Waals surface area contributed by atoms with Gasteiger partial charge in [0.25, 0.3) is 0 Å². The number of nitriles is 1. The third-order valence-corrected chi connectivity index (χ3v) is 1.27. The highest BCUT2D eigenvalue weighted by molar-refractivity contribution is 9.10. The summed E-state index contributed by atoms with van der Waals surface area (Å²) in [5.41, 5.74) is 0. The van der Waals surface area contributed by atoms with Gasteiger partial charge in [-0.05, 0) is 13.8 Å². The Hall–Kier alpha value is -0.820. The molecule has 0 aliphatic heterocycles. The number of hydrogen-bond donors (Lipinski definition) is 1. The normalized spacial score (nSPS) is 11.1. The van der Waals surface area contributed by atoms with Gasteiger partial charge in [0, 0.05) is 12.3 Å². The maximum atomic E-state index is 11.0. The molecule has 0 radical (unpaired) electrons. The van der Waals surface area contributed by atoms with E-state index >= 15 is 0 Å². The Balaban J connectivity index is 3.92. The van der Waals surface area contributed by atoms with Crippen LogP contribution < -0.4 is 5.32 Å². The summed E-state index contributed by atoms with van der Waals surface area (Å²) in [7, 11) is 0. The minimum Gasteiger partial charge on any atom is -0.331 e. The molecule has 4 heteroatoms. The molecule has 0 rings (SSSR count). The molecular formula is C7H9BrN2O. The summed E-state index contributed by atoms with van der Waals surface area (Å²) >= 11 is 3.17. The molecule has 3 nitrogen and oxygen atoms in total. The van der Waals surface area contributed by atoms with Crippen LogP contribution in [-0.4, -0.2) is 10.2 Å². The lowest BCUT2D eigenvalue weighted by atomic mass is 10.2. The third kappa shape index (κ3) is 4.57. The highest BCUT2D eigenvalue weighted by Gasteiger charge is 2.21. The van der Waals surface area contributed by atoms with Crippen molar-refractivity contribution in [1.82, 2.24) is 5.32 Å². The zero-order valence-corrected chi connectivity index (χ0v) is 7.97. The first-order valence-electron chi connectivity index (χ1n) is 3.03. The molecule has 1 amide bonds. The van der Waals surface area contributed by atoms with Gasteiger partial charge in [0.2, 0.25) is 5.91 Å². The van der Waals surface area contributed by atoms with Gasteiger partial charge < -0.3 is 5.32 Å². The smallest absolute Gasteiger partial charge is 0.240 e. The molecule has 0 saturated carbocycles. The molecule has 0 aromatic carbocycles. The number of allylic oxidation sites excluding steroid dienone is 1. The molecule has 0 bridgehead atoms. The van der Waals surface area contributed by atoms with Crippen LogP contribution in [-0.2, 0) is 4.79 Å². The van der Waals surface area contributed by atoms with Crippen LogP contribution in [0, 0.1) is 11.3 Å². The number of carbonyl (C=O) groups is 1.